The minimum absolute atomic E-state index is 0.258. The summed E-state index contributed by atoms with van der Waals surface area (Å²) in [5, 5.41) is 0. The molecule has 0 saturated carbocycles. The first-order chi connectivity index (χ1) is 22.1. The molecule has 3 nitrogen and oxygen atoms in total. The van der Waals surface area contributed by atoms with Gasteiger partial charge < -0.3 is 4.74 Å². The van der Waals surface area contributed by atoms with Crippen LogP contribution in [0.3, 0.4) is 0 Å². The molecule has 0 heterocycles. The fourth-order valence-corrected chi connectivity index (χ4v) is 6.36. The highest BCUT2D eigenvalue weighted by atomic mass is 16.5. The highest BCUT2D eigenvalue weighted by Gasteiger charge is 2.03. The van der Waals surface area contributed by atoms with E-state index in [1.807, 2.05) is 0 Å². The molecule has 3 heteroatoms. The van der Waals surface area contributed by atoms with Crippen molar-refractivity contribution in [1.82, 2.24) is 0 Å². The van der Waals surface area contributed by atoms with Crippen molar-refractivity contribution in [3.05, 3.63) is 12.2 Å². The lowest BCUT2D eigenvalue weighted by Gasteiger charge is -2.05. The van der Waals surface area contributed by atoms with E-state index < -0.39 is 0 Å². The van der Waals surface area contributed by atoms with Crippen molar-refractivity contribution < 1.29 is 14.3 Å². The van der Waals surface area contributed by atoms with E-state index >= 15 is 0 Å². The van der Waals surface area contributed by atoms with Crippen LogP contribution in [0, 0.1) is 0 Å². The smallest absolute Gasteiger partial charge is 0.333 e. The minimum Gasteiger partial charge on any atom is -0.462 e. The van der Waals surface area contributed by atoms with Crippen LogP contribution in [-0.4, -0.2) is 18.4 Å². The van der Waals surface area contributed by atoms with Gasteiger partial charge in [0.05, 0.1) is 6.61 Å². The third kappa shape index (κ3) is 37.2. The molecule has 0 bridgehead atoms. The van der Waals surface area contributed by atoms with E-state index in [1.54, 1.807) is 6.92 Å². The molecule has 0 aromatic heterocycles. The summed E-state index contributed by atoms with van der Waals surface area (Å²) in [6.07, 6.45) is 46.0. The first kappa shape index (κ1) is 43.9. The average molecular weight is 633 g/mol. The predicted octanol–water partition coefficient (Wildman–Crippen LogP) is 14.3. The van der Waals surface area contributed by atoms with Gasteiger partial charge in [-0.2, -0.15) is 0 Å². The van der Waals surface area contributed by atoms with Crippen molar-refractivity contribution >= 4 is 11.8 Å². The van der Waals surface area contributed by atoms with E-state index in [1.165, 1.54) is 186 Å². The number of Topliss-reactive ketones (excluding diaryl/α,β-unsaturated/α-hetero) is 1. The Balaban J connectivity index is 3.17. The van der Waals surface area contributed by atoms with E-state index in [4.69, 9.17) is 4.74 Å². The average Bonchev–Trinajstić information content (AvgIpc) is 3.03. The van der Waals surface area contributed by atoms with Crippen LogP contribution in [0.25, 0.3) is 0 Å². The summed E-state index contributed by atoms with van der Waals surface area (Å²) < 4.78 is 5.13. The molecular weight excluding hydrogens is 552 g/mol. The largest absolute Gasteiger partial charge is 0.462 e. The Kier molecular flexibility index (Phi) is 36.4. The van der Waals surface area contributed by atoms with Gasteiger partial charge in [-0.3, -0.25) is 4.79 Å². The highest BCUT2D eigenvalue weighted by Crippen LogP contribution is 2.16. The molecule has 0 fully saturated rings. The molecule has 0 aromatic rings. The lowest BCUT2D eigenvalue weighted by molar-refractivity contribution is -0.139. The lowest BCUT2D eigenvalue weighted by atomic mass is 10.0. The Morgan fingerprint density at radius 1 is 0.400 bits per heavy atom. The van der Waals surface area contributed by atoms with Crippen LogP contribution < -0.4 is 0 Å². The molecule has 0 aliphatic carbocycles. The van der Waals surface area contributed by atoms with Gasteiger partial charge in [0.1, 0.15) is 5.78 Å². The van der Waals surface area contributed by atoms with Gasteiger partial charge >= 0.3 is 5.97 Å². The van der Waals surface area contributed by atoms with Gasteiger partial charge in [-0.05, 0) is 26.2 Å². The van der Waals surface area contributed by atoms with Crippen LogP contribution in [0.2, 0.25) is 0 Å². The maximum atomic E-state index is 12.2. The fraction of sp³-hybridized carbons (Fsp3) is 0.905. The number of ketones is 1. The van der Waals surface area contributed by atoms with E-state index in [2.05, 4.69) is 13.5 Å². The first-order valence-corrected chi connectivity index (χ1v) is 20.4. The second-order valence-corrected chi connectivity index (χ2v) is 14.3. The molecule has 0 unspecified atom stereocenters. The maximum absolute atomic E-state index is 12.2. The Morgan fingerprint density at radius 3 is 0.911 bits per heavy atom. The van der Waals surface area contributed by atoms with E-state index in [9.17, 15) is 9.59 Å². The van der Waals surface area contributed by atoms with Crippen molar-refractivity contribution in [3.63, 3.8) is 0 Å². The molecule has 0 amide bonds. The van der Waals surface area contributed by atoms with Gasteiger partial charge in [0.2, 0.25) is 0 Å². The van der Waals surface area contributed by atoms with Gasteiger partial charge in [-0.1, -0.05) is 206 Å². The van der Waals surface area contributed by atoms with Crippen LogP contribution in [-0.2, 0) is 14.3 Å². The minimum atomic E-state index is -0.258. The van der Waals surface area contributed by atoms with Crippen molar-refractivity contribution in [3.8, 4) is 0 Å². The number of esters is 1. The molecule has 266 valence electrons. The van der Waals surface area contributed by atoms with Crippen LogP contribution in [0.4, 0.5) is 0 Å². The second kappa shape index (κ2) is 37.3. The molecular formula is C42H80O3. The summed E-state index contributed by atoms with van der Waals surface area (Å²) in [5.74, 6) is 0.256. The number of rotatable bonds is 38. The summed E-state index contributed by atoms with van der Waals surface area (Å²) in [7, 11) is 0. The van der Waals surface area contributed by atoms with Gasteiger partial charge in [0.15, 0.2) is 0 Å². The topological polar surface area (TPSA) is 43.4 Å². The highest BCUT2D eigenvalue weighted by molar-refractivity contribution is 5.86. The molecule has 0 saturated heterocycles. The van der Waals surface area contributed by atoms with Crippen molar-refractivity contribution in [1.29, 1.82) is 0 Å². The molecule has 0 N–H and O–H groups in total. The Hall–Kier alpha value is -1.12. The van der Waals surface area contributed by atoms with E-state index in [-0.39, 0.29) is 5.97 Å². The summed E-state index contributed by atoms with van der Waals surface area (Å²) in [4.78, 5) is 23.5. The fourth-order valence-electron chi connectivity index (χ4n) is 6.36. The summed E-state index contributed by atoms with van der Waals surface area (Å²) >= 11 is 0. The van der Waals surface area contributed by atoms with Crippen molar-refractivity contribution in [2.24, 2.45) is 0 Å². The summed E-state index contributed by atoms with van der Waals surface area (Å²) in [5.41, 5.74) is 0.488. The molecule has 0 aliphatic rings. The molecule has 0 aromatic carbocycles. The quantitative estimate of drug-likeness (QED) is 0.0386. The summed E-state index contributed by atoms with van der Waals surface area (Å²) in [6.45, 7) is 8.12. The Bertz CT molecular complexity index is 640. The molecule has 0 atom stereocenters. The van der Waals surface area contributed by atoms with Crippen LogP contribution in [0.1, 0.15) is 239 Å². The van der Waals surface area contributed by atoms with Crippen LogP contribution in [0.15, 0.2) is 12.2 Å². The molecule has 0 radical (unpaired) electrons. The maximum Gasteiger partial charge on any atom is 0.333 e. The summed E-state index contributed by atoms with van der Waals surface area (Å²) in [6, 6.07) is 0. The van der Waals surface area contributed by atoms with Gasteiger partial charge in [-0.25, -0.2) is 4.79 Å². The van der Waals surface area contributed by atoms with Crippen molar-refractivity contribution in [2.45, 2.75) is 239 Å². The third-order valence-corrected chi connectivity index (χ3v) is 9.49. The molecule has 45 heavy (non-hydrogen) atoms. The SMILES string of the molecule is C=C(C)C(=O)OCCCCCCCCCCCCCCCCCCCCC(=O)CCCCCCCCCCCCCCCCC. The molecule has 0 rings (SSSR count). The zero-order valence-electron chi connectivity index (χ0n) is 30.9. The Morgan fingerprint density at radius 2 is 0.644 bits per heavy atom. The Labute approximate surface area is 282 Å². The van der Waals surface area contributed by atoms with Gasteiger partial charge in [0, 0.05) is 18.4 Å². The number of ether oxygens (including phenoxy) is 1. The van der Waals surface area contributed by atoms with Gasteiger partial charge in [-0.15, -0.1) is 0 Å². The number of hydrogen-bond donors (Lipinski definition) is 0. The molecule has 0 aliphatic heterocycles. The second-order valence-electron chi connectivity index (χ2n) is 14.3. The van der Waals surface area contributed by atoms with Crippen LogP contribution >= 0.6 is 0 Å². The van der Waals surface area contributed by atoms with E-state index in [0.29, 0.717) is 18.0 Å². The zero-order chi connectivity index (χ0) is 32.9. The standard InChI is InChI=1S/C42H80O3/c1-4-5-6-7-8-9-10-11-16-19-22-25-28-31-34-37-41(43)38-35-32-29-26-23-20-17-14-12-13-15-18-21-24-27-30-33-36-39-45-42(44)40(2)3/h2,4-39H2,1,3H3. The normalized spacial score (nSPS) is 11.2. The van der Waals surface area contributed by atoms with Crippen molar-refractivity contribution in [2.75, 3.05) is 6.61 Å². The van der Waals surface area contributed by atoms with E-state index in [0.717, 1.165) is 38.5 Å². The number of carbonyl (C=O) groups is 2. The number of hydrogen-bond acceptors (Lipinski definition) is 3. The number of carbonyl (C=O) groups excluding carboxylic acids is 2. The first-order valence-electron chi connectivity index (χ1n) is 20.4. The zero-order valence-corrected chi connectivity index (χ0v) is 30.9. The lowest BCUT2D eigenvalue weighted by Crippen LogP contribution is -2.05. The monoisotopic (exact) mass is 633 g/mol. The van der Waals surface area contributed by atoms with Gasteiger partial charge in [0.25, 0.3) is 0 Å². The molecule has 0 spiro atoms. The third-order valence-electron chi connectivity index (χ3n) is 9.49. The predicted molar refractivity (Wildman–Crippen MR) is 198 cm³/mol. The number of unbranched alkanes of at least 4 members (excludes halogenated alkanes) is 31. The van der Waals surface area contributed by atoms with Crippen LogP contribution in [0.5, 0.6) is 0 Å².